The van der Waals surface area contributed by atoms with Crippen LogP contribution in [0, 0.1) is 0 Å². The molecule has 0 saturated carbocycles. The van der Waals surface area contributed by atoms with Gasteiger partial charge in [-0.2, -0.15) is 0 Å². The molecule has 1 heterocycles. The molecule has 6 nitrogen and oxygen atoms in total. The Bertz CT molecular complexity index is 1090. The number of aromatic nitrogens is 1. The van der Waals surface area contributed by atoms with Crippen LogP contribution in [0.5, 0.6) is 5.75 Å². The number of hydrogen-bond acceptors (Lipinski definition) is 4. The lowest BCUT2D eigenvalue weighted by Gasteiger charge is -2.20. The Labute approximate surface area is 181 Å². The van der Waals surface area contributed by atoms with E-state index in [9.17, 15) is 14.7 Å². The number of benzene rings is 2. The van der Waals surface area contributed by atoms with Gasteiger partial charge in [-0.3, -0.25) is 4.79 Å². The predicted molar refractivity (Wildman–Crippen MR) is 118 cm³/mol. The van der Waals surface area contributed by atoms with Gasteiger partial charge in [-0.1, -0.05) is 48.6 Å². The van der Waals surface area contributed by atoms with E-state index in [1.54, 1.807) is 18.2 Å². The van der Waals surface area contributed by atoms with Gasteiger partial charge < -0.3 is 19.5 Å². The third-order valence-corrected chi connectivity index (χ3v) is 4.88. The highest BCUT2D eigenvalue weighted by Gasteiger charge is 2.27. The smallest absolute Gasteiger partial charge is 0.335 e. The van der Waals surface area contributed by atoms with Gasteiger partial charge in [0.15, 0.2) is 5.60 Å². The molecule has 0 aliphatic rings. The summed E-state index contributed by atoms with van der Waals surface area (Å²) in [5.74, 6) is -1.09. The number of carboxylic acid groups (broad SMARTS) is 1. The van der Waals surface area contributed by atoms with Crippen LogP contribution in [-0.4, -0.2) is 32.1 Å². The fraction of sp³-hybridized carbons (Fsp3) is 0.200. The lowest BCUT2D eigenvalue weighted by molar-refractivity contribution is -0.162. The van der Waals surface area contributed by atoms with Gasteiger partial charge in [-0.15, -0.1) is 0 Å². The molecule has 2 aromatic carbocycles. The largest absolute Gasteiger partial charge is 0.508 e. The summed E-state index contributed by atoms with van der Waals surface area (Å²) in [7, 11) is 0. The molecule has 6 heteroatoms. The number of allylic oxidation sites excluding steroid dienone is 1. The van der Waals surface area contributed by atoms with E-state index in [0.717, 1.165) is 11.1 Å². The van der Waals surface area contributed by atoms with E-state index >= 15 is 0 Å². The van der Waals surface area contributed by atoms with Crippen LogP contribution in [0.15, 0.2) is 72.9 Å². The molecule has 160 valence electrons. The summed E-state index contributed by atoms with van der Waals surface area (Å²) in [6, 6.07) is 17.5. The molecule has 3 aromatic rings. The minimum atomic E-state index is -1.23. The van der Waals surface area contributed by atoms with Crippen molar-refractivity contribution in [3.63, 3.8) is 0 Å². The molecule has 0 fully saturated rings. The Balaban J connectivity index is 1.61. The average molecular weight is 419 g/mol. The van der Waals surface area contributed by atoms with Crippen molar-refractivity contribution in [1.82, 2.24) is 4.57 Å². The SMILES string of the molecule is CC(C)(OCc1ccc(/C=C/Cn2cccc2C(=O)c2cccc(O)c2)cc1)C(=O)O. The van der Waals surface area contributed by atoms with Gasteiger partial charge in [0.2, 0.25) is 5.78 Å². The number of carboxylic acids is 1. The van der Waals surface area contributed by atoms with Gasteiger partial charge in [-0.25, -0.2) is 4.79 Å². The third-order valence-electron chi connectivity index (χ3n) is 4.88. The number of rotatable bonds is 9. The fourth-order valence-corrected chi connectivity index (χ4v) is 2.93. The molecule has 31 heavy (non-hydrogen) atoms. The molecule has 0 spiro atoms. The van der Waals surface area contributed by atoms with E-state index in [4.69, 9.17) is 9.84 Å². The number of ether oxygens (including phenoxy) is 1. The van der Waals surface area contributed by atoms with Crippen molar-refractivity contribution in [3.05, 3.63) is 95.3 Å². The Morgan fingerprint density at radius 3 is 2.48 bits per heavy atom. The van der Waals surface area contributed by atoms with E-state index in [-0.39, 0.29) is 18.1 Å². The van der Waals surface area contributed by atoms with Crippen LogP contribution in [0.3, 0.4) is 0 Å². The summed E-state index contributed by atoms with van der Waals surface area (Å²) in [5.41, 5.74) is 1.62. The van der Waals surface area contributed by atoms with Crippen molar-refractivity contribution >= 4 is 17.8 Å². The van der Waals surface area contributed by atoms with Crippen LogP contribution in [0.25, 0.3) is 6.08 Å². The molecule has 0 bridgehead atoms. The molecule has 2 N–H and O–H groups in total. The number of phenolic OH excluding ortho intramolecular Hbond substituents is 1. The summed E-state index contributed by atoms with van der Waals surface area (Å²) < 4.78 is 7.30. The van der Waals surface area contributed by atoms with Crippen molar-refractivity contribution in [1.29, 1.82) is 0 Å². The first kappa shape index (κ1) is 22.1. The number of carbonyl (C=O) groups excluding carboxylic acids is 1. The number of carbonyl (C=O) groups is 2. The van der Waals surface area contributed by atoms with E-state index in [2.05, 4.69) is 0 Å². The molecule has 0 aliphatic carbocycles. The van der Waals surface area contributed by atoms with Crippen molar-refractivity contribution in [2.24, 2.45) is 0 Å². The first-order chi connectivity index (χ1) is 14.8. The third kappa shape index (κ3) is 5.71. The van der Waals surface area contributed by atoms with Crippen LogP contribution in [0.1, 0.15) is 41.0 Å². The summed E-state index contributed by atoms with van der Waals surface area (Å²) in [5, 5.41) is 18.7. The highest BCUT2D eigenvalue weighted by atomic mass is 16.5. The van der Waals surface area contributed by atoms with Gasteiger partial charge in [0, 0.05) is 18.3 Å². The second kappa shape index (κ2) is 9.45. The molecule has 0 aliphatic heterocycles. The zero-order chi connectivity index (χ0) is 22.4. The highest BCUT2D eigenvalue weighted by Crippen LogP contribution is 2.17. The minimum absolute atomic E-state index is 0.0595. The van der Waals surface area contributed by atoms with Gasteiger partial charge in [-0.05, 0) is 49.2 Å². The quantitative estimate of drug-likeness (QED) is 0.498. The molecule has 1 aromatic heterocycles. The summed E-state index contributed by atoms with van der Waals surface area (Å²) in [4.78, 5) is 23.8. The van der Waals surface area contributed by atoms with Crippen molar-refractivity contribution in [2.45, 2.75) is 32.6 Å². The van der Waals surface area contributed by atoms with Gasteiger partial charge in [0.25, 0.3) is 0 Å². The molecule has 3 rings (SSSR count). The summed E-state index contributed by atoms with van der Waals surface area (Å²) >= 11 is 0. The van der Waals surface area contributed by atoms with Crippen LogP contribution in [0.2, 0.25) is 0 Å². The molecule has 0 unspecified atom stereocenters. The van der Waals surface area contributed by atoms with Crippen LogP contribution >= 0.6 is 0 Å². The summed E-state index contributed by atoms with van der Waals surface area (Å²) in [6.07, 6.45) is 5.75. The Morgan fingerprint density at radius 1 is 1.06 bits per heavy atom. The summed E-state index contributed by atoms with van der Waals surface area (Å²) in [6.45, 7) is 3.78. The number of hydrogen-bond donors (Lipinski definition) is 2. The van der Waals surface area contributed by atoms with E-state index < -0.39 is 11.6 Å². The Morgan fingerprint density at radius 2 is 1.81 bits per heavy atom. The molecular formula is C25H25NO5. The Hall–Kier alpha value is -3.64. The monoisotopic (exact) mass is 419 g/mol. The maximum Gasteiger partial charge on any atom is 0.335 e. The van der Waals surface area contributed by atoms with Crippen molar-refractivity contribution in [2.75, 3.05) is 0 Å². The van der Waals surface area contributed by atoms with Crippen LogP contribution in [-0.2, 0) is 22.7 Å². The number of aromatic hydroxyl groups is 1. The highest BCUT2D eigenvalue weighted by molar-refractivity contribution is 6.08. The zero-order valence-electron chi connectivity index (χ0n) is 17.5. The lowest BCUT2D eigenvalue weighted by Crippen LogP contribution is -2.34. The van der Waals surface area contributed by atoms with Crippen LogP contribution < -0.4 is 0 Å². The number of nitrogens with zero attached hydrogens (tertiary/aromatic N) is 1. The molecule has 0 radical (unpaired) electrons. The fourth-order valence-electron chi connectivity index (χ4n) is 2.93. The number of phenols is 1. The number of aliphatic carboxylic acids is 1. The lowest BCUT2D eigenvalue weighted by atomic mass is 10.1. The van der Waals surface area contributed by atoms with Gasteiger partial charge >= 0.3 is 5.97 Å². The molecule has 0 saturated heterocycles. The van der Waals surface area contributed by atoms with E-state index in [1.165, 1.54) is 26.0 Å². The van der Waals surface area contributed by atoms with E-state index in [0.29, 0.717) is 17.8 Å². The normalized spacial score (nSPS) is 11.7. The topological polar surface area (TPSA) is 88.8 Å². The van der Waals surface area contributed by atoms with Gasteiger partial charge in [0.05, 0.1) is 12.3 Å². The maximum absolute atomic E-state index is 12.7. The average Bonchev–Trinajstić information content (AvgIpc) is 3.21. The Kier molecular flexibility index (Phi) is 6.72. The molecule has 0 atom stereocenters. The second-order valence-electron chi connectivity index (χ2n) is 7.67. The zero-order valence-corrected chi connectivity index (χ0v) is 17.5. The second-order valence-corrected chi connectivity index (χ2v) is 7.67. The van der Waals surface area contributed by atoms with Crippen molar-refractivity contribution < 1.29 is 24.5 Å². The van der Waals surface area contributed by atoms with Crippen molar-refractivity contribution in [3.8, 4) is 5.75 Å². The maximum atomic E-state index is 12.7. The molecule has 0 amide bonds. The van der Waals surface area contributed by atoms with Gasteiger partial charge in [0.1, 0.15) is 5.75 Å². The first-order valence-corrected chi connectivity index (χ1v) is 9.88. The number of ketones is 1. The molecular weight excluding hydrogens is 394 g/mol. The predicted octanol–water partition coefficient (Wildman–Crippen LogP) is 4.52. The van der Waals surface area contributed by atoms with Crippen LogP contribution in [0.4, 0.5) is 0 Å². The standard InChI is InChI=1S/C25H25NO5/c1-25(2,24(29)30)31-17-19-12-10-18(11-13-19)6-4-14-26-15-5-9-22(26)23(28)20-7-3-8-21(27)16-20/h3-13,15-16,27H,14,17H2,1-2H3,(H,29,30)/b6-4+. The first-order valence-electron chi connectivity index (χ1n) is 9.88. The van der Waals surface area contributed by atoms with E-state index in [1.807, 2.05) is 53.2 Å². The minimum Gasteiger partial charge on any atom is -0.508 e.